The van der Waals surface area contributed by atoms with Gasteiger partial charge in [-0.2, -0.15) is 0 Å². The Bertz CT molecular complexity index is 727. The molecule has 2 aromatic heterocycles. The highest BCUT2D eigenvalue weighted by molar-refractivity contribution is 5.64. The van der Waals surface area contributed by atoms with Crippen LogP contribution in [0.2, 0.25) is 0 Å². The van der Waals surface area contributed by atoms with Gasteiger partial charge in [0.1, 0.15) is 0 Å². The number of hydrogen-bond acceptors (Lipinski definition) is 7. The average Bonchev–Trinajstić information content (AvgIpc) is 2.71. The lowest BCUT2D eigenvalue weighted by Crippen LogP contribution is -2.36. The molecule has 0 bridgehead atoms. The number of anilines is 2. The summed E-state index contributed by atoms with van der Waals surface area (Å²) in [4.78, 5) is 15.7. The lowest BCUT2D eigenvalue weighted by Gasteiger charge is -2.28. The predicted molar refractivity (Wildman–Crippen MR) is 100 cm³/mol. The van der Waals surface area contributed by atoms with Crippen LogP contribution in [-0.4, -0.2) is 58.5 Å². The summed E-state index contributed by atoms with van der Waals surface area (Å²) in [6.07, 6.45) is 8.92. The standard InChI is InChI=1S/C19H25N5O2/c25-17-3-1-15(2-4-17)22-19-21-6-5-18(23-19)14-11-16(13-20-12-14)24-7-9-26-10-8-24/h5-6,11-13,15,17,25H,1-4,7-10H2,(H,21,22,23). The first-order valence-corrected chi connectivity index (χ1v) is 9.34. The Morgan fingerprint density at radius 3 is 2.73 bits per heavy atom. The topological polar surface area (TPSA) is 83.4 Å². The van der Waals surface area contributed by atoms with Crippen molar-refractivity contribution in [3.63, 3.8) is 0 Å². The number of pyridine rings is 1. The number of rotatable bonds is 4. The molecular formula is C19H25N5O2. The summed E-state index contributed by atoms with van der Waals surface area (Å²) in [5, 5.41) is 13.1. The summed E-state index contributed by atoms with van der Waals surface area (Å²) < 4.78 is 5.42. The van der Waals surface area contributed by atoms with E-state index in [2.05, 4.69) is 31.2 Å². The summed E-state index contributed by atoms with van der Waals surface area (Å²) in [6, 6.07) is 4.36. The van der Waals surface area contributed by atoms with E-state index >= 15 is 0 Å². The fourth-order valence-electron chi connectivity index (χ4n) is 3.55. The van der Waals surface area contributed by atoms with Crippen molar-refractivity contribution in [3.8, 4) is 11.3 Å². The number of aromatic nitrogens is 3. The molecule has 1 aliphatic heterocycles. The van der Waals surface area contributed by atoms with Crippen molar-refractivity contribution in [3.05, 3.63) is 30.7 Å². The van der Waals surface area contributed by atoms with Crippen LogP contribution in [0.3, 0.4) is 0 Å². The van der Waals surface area contributed by atoms with Gasteiger partial charge in [0.15, 0.2) is 0 Å². The van der Waals surface area contributed by atoms with Crippen LogP contribution in [0.1, 0.15) is 25.7 Å². The second-order valence-corrected chi connectivity index (χ2v) is 6.95. The molecule has 7 heteroatoms. The molecule has 4 rings (SSSR count). The maximum Gasteiger partial charge on any atom is 0.223 e. The first-order chi connectivity index (χ1) is 12.8. The first-order valence-electron chi connectivity index (χ1n) is 9.34. The highest BCUT2D eigenvalue weighted by Gasteiger charge is 2.20. The normalized spacial score (nSPS) is 23.7. The van der Waals surface area contributed by atoms with Gasteiger partial charge in [-0.05, 0) is 37.8 Å². The molecule has 0 spiro atoms. The van der Waals surface area contributed by atoms with Crippen LogP contribution >= 0.6 is 0 Å². The zero-order valence-electron chi connectivity index (χ0n) is 14.8. The quantitative estimate of drug-likeness (QED) is 0.869. The number of aliphatic hydroxyl groups is 1. The molecule has 0 amide bonds. The van der Waals surface area contributed by atoms with Crippen LogP contribution in [0.15, 0.2) is 30.7 Å². The number of nitrogens with zero attached hydrogens (tertiary/aromatic N) is 4. The fraction of sp³-hybridized carbons (Fsp3) is 0.526. The van der Waals surface area contributed by atoms with Crippen LogP contribution < -0.4 is 10.2 Å². The van der Waals surface area contributed by atoms with E-state index in [1.807, 2.05) is 18.5 Å². The molecule has 138 valence electrons. The largest absolute Gasteiger partial charge is 0.393 e. The fourth-order valence-corrected chi connectivity index (χ4v) is 3.55. The second-order valence-electron chi connectivity index (χ2n) is 6.95. The number of morpholine rings is 1. The maximum absolute atomic E-state index is 9.64. The highest BCUT2D eigenvalue weighted by atomic mass is 16.5. The minimum atomic E-state index is -0.158. The first kappa shape index (κ1) is 17.2. The van der Waals surface area contributed by atoms with Gasteiger partial charge in [-0.3, -0.25) is 4.98 Å². The van der Waals surface area contributed by atoms with E-state index in [-0.39, 0.29) is 6.10 Å². The third-order valence-corrected chi connectivity index (χ3v) is 5.08. The van der Waals surface area contributed by atoms with E-state index in [1.165, 1.54) is 0 Å². The molecule has 0 unspecified atom stereocenters. The summed E-state index contributed by atoms with van der Waals surface area (Å²) in [7, 11) is 0. The lowest BCUT2D eigenvalue weighted by molar-refractivity contribution is 0.122. The molecule has 1 saturated heterocycles. The molecule has 2 N–H and O–H groups in total. The molecule has 0 radical (unpaired) electrons. The van der Waals surface area contributed by atoms with E-state index < -0.39 is 0 Å². The molecule has 2 fully saturated rings. The van der Waals surface area contributed by atoms with Crippen molar-refractivity contribution in [2.45, 2.75) is 37.8 Å². The Labute approximate surface area is 153 Å². The van der Waals surface area contributed by atoms with Gasteiger partial charge in [-0.15, -0.1) is 0 Å². The summed E-state index contributed by atoms with van der Waals surface area (Å²) >= 11 is 0. The van der Waals surface area contributed by atoms with Crippen LogP contribution in [0, 0.1) is 0 Å². The molecule has 2 aliphatic rings. The number of hydrogen-bond donors (Lipinski definition) is 2. The minimum absolute atomic E-state index is 0.158. The maximum atomic E-state index is 9.64. The molecule has 2 aromatic rings. The average molecular weight is 355 g/mol. The Morgan fingerprint density at radius 2 is 1.92 bits per heavy atom. The Kier molecular flexibility index (Phi) is 5.26. The van der Waals surface area contributed by atoms with Crippen LogP contribution in [0.4, 0.5) is 11.6 Å². The zero-order chi connectivity index (χ0) is 17.8. The van der Waals surface area contributed by atoms with Crippen molar-refractivity contribution in [1.29, 1.82) is 0 Å². The predicted octanol–water partition coefficient (Wildman–Crippen LogP) is 2.09. The smallest absolute Gasteiger partial charge is 0.223 e. The molecule has 26 heavy (non-hydrogen) atoms. The van der Waals surface area contributed by atoms with Crippen molar-refractivity contribution >= 4 is 11.6 Å². The van der Waals surface area contributed by atoms with Gasteiger partial charge in [0, 0.05) is 37.1 Å². The molecular weight excluding hydrogens is 330 g/mol. The summed E-state index contributed by atoms with van der Waals surface area (Å²) in [6.45, 7) is 3.27. The third kappa shape index (κ3) is 4.11. The minimum Gasteiger partial charge on any atom is -0.393 e. The van der Waals surface area contributed by atoms with E-state index in [4.69, 9.17) is 4.74 Å². The van der Waals surface area contributed by atoms with Gasteiger partial charge in [-0.1, -0.05) is 0 Å². The number of nitrogens with one attached hydrogen (secondary N) is 1. The van der Waals surface area contributed by atoms with Crippen molar-refractivity contribution < 1.29 is 9.84 Å². The van der Waals surface area contributed by atoms with Crippen LogP contribution in [0.25, 0.3) is 11.3 Å². The Balaban J connectivity index is 1.49. The highest BCUT2D eigenvalue weighted by Crippen LogP contribution is 2.25. The van der Waals surface area contributed by atoms with Crippen molar-refractivity contribution in [1.82, 2.24) is 15.0 Å². The van der Waals surface area contributed by atoms with Gasteiger partial charge in [0.2, 0.25) is 5.95 Å². The van der Waals surface area contributed by atoms with Crippen LogP contribution in [-0.2, 0) is 4.74 Å². The third-order valence-electron chi connectivity index (χ3n) is 5.08. The van der Waals surface area contributed by atoms with Crippen molar-refractivity contribution in [2.24, 2.45) is 0 Å². The van der Waals surface area contributed by atoms with E-state index in [0.717, 1.165) is 68.9 Å². The molecule has 0 atom stereocenters. The van der Waals surface area contributed by atoms with E-state index in [0.29, 0.717) is 12.0 Å². The SMILES string of the molecule is OC1CCC(Nc2nccc(-c3cncc(N4CCOCC4)c3)n2)CC1. The molecule has 0 aromatic carbocycles. The zero-order valence-corrected chi connectivity index (χ0v) is 14.8. The second kappa shape index (κ2) is 7.97. The van der Waals surface area contributed by atoms with Gasteiger partial charge in [0.05, 0.1) is 36.9 Å². The Morgan fingerprint density at radius 1 is 1.12 bits per heavy atom. The van der Waals surface area contributed by atoms with E-state index in [9.17, 15) is 5.11 Å². The van der Waals surface area contributed by atoms with Gasteiger partial charge in [0.25, 0.3) is 0 Å². The van der Waals surface area contributed by atoms with Gasteiger partial charge in [-0.25, -0.2) is 9.97 Å². The van der Waals surface area contributed by atoms with Crippen LogP contribution in [0.5, 0.6) is 0 Å². The Hall–Kier alpha value is -2.25. The lowest BCUT2D eigenvalue weighted by atomic mass is 9.93. The van der Waals surface area contributed by atoms with Crippen molar-refractivity contribution in [2.75, 3.05) is 36.5 Å². The van der Waals surface area contributed by atoms with Gasteiger partial charge >= 0.3 is 0 Å². The monoisotopic (exact) mass is 355 g/mol. The number of ether oxygens (including phenoxy) is 1. The molecule has 1 aliphatic carbocycles. The molecule has 3 heterocycles. The van der Waals surface area contributed by atoms with Gasteiger partial charge < -0.3 is 20.1 Å². The molecule has 7 nitrogen and oxygen atoms in total. The number of aliphatic hydroxyl groups excluding tert-OH is 1. The molecule has 1 saturated carbocycles. The summed E-state index contributed by atoms with van der Waals surface area (Å²) in [5.41, 5.74) is 2.94. The summed E-state index contributed by atoms with van der Waals surface area (Å²) in [5.74, 6) is 0.640. The van der Waals surface area contributed by atoms with E-state index in [1.54, 1.807) is 6.20 Å².